The van der Waals surface area contributed by atoms with Gasteiger partial charge in [0.25, 0.3) is 0 Å². The van der Waals surface area contributed by atoms with Gasteiger partial charge in [0, 0.05) is 32.4 Å². The Morgan fingerprint density at radius 3 is 3.05 bits per heavy atom. The molecule has 0 spiro atoms. The second kappa shape index (κ2) is 5.91. The maximum Gasteiger partial charge on any atom is 0.227 e. The quantitative estimate of drug-likeness (QED) is 0.789. The van der Waals surface area contributed by atoms with Gasteiger partial charge in [-0.25, -0.2) is 0 Å². The largest absolute Gasteiger partial charge is 0.383 e. The van der Waals surface area contributed by atoms with Crippen molar-refractivity contribution in [1.29, 1.82) is 0 Å². The first kappa shape index (κ1) is 13.5. The lowest BCUT2D eigenvalue weighted by Gasteiger charge is -2.23. The Morgan fingerprint density at radius 1 is 1.45 bits per heavy atom. The van der Waals surface area contributed by atoms with Gasteiger partial charge in [-0.3, -0.25) is 4.79 Å². The van der Waals surface area contributed by atoms with Gasteiger partial charge < -0.3 is 14.2 Å². The summed E-state index contributed by atoms with van der Waals surface area (Å²) >= 11 is 0. The number of aromatic nitrogens is 2. The van der Waals surface area contributed by atoms with Crippen LogP contribution in [-0.2, 0) is 16.0 Å². The predicted molar refractivity (Wildman–Crippen MR) is 71.2 cm³/mol. The van der Waals surface area contributed by atoms with Crippen molar-refractivity contribution in [3.8, 4) is 0 Å². The zero-order chi connectivity index (χ0) is 13.9. The Morgan fingerprint density at radius 2 is 2.30 bits per heavy atom. The molecule has 110 valence electrons. The molecule has 1 aliphatic carbocycles. The third-order valence-electron chi connectivity index (χ3n) is 4.04. The van der Waals surface area contributed by atoms with E-state index in [0.717, 1.165) is 38.1 Å². The summed E-state index contributed by atoms with van der Waals surface area (Å²) in [6.07, 6.45) is 5.38. The highest BCUT2D eigenvalue weighted by atomic mass is 16.5. The van der Waals surface area contributed by atoms with E-state index in [1.165, 1.54) is 0 Å². The normalized spacial score (nSPS) is 22.4. The van der Waals surface area contributed by atoms with E-state index >= 15 is 0 Å². The lowest BCUT2D eigenvalue weighted by atomic mass is 10.2. The van der Waals surface area contributed by atoms with Gasteiger partial charge in [-0.2, -0.15) is 4.98 Å². The van der Waals surface area contributed by atoms with Crippen LogP contribution in [-0.4, -0.2) is 47.3 Å². The van der Waals surface area contributed by atoms with Crippen LogP contribution in [0.2, 0.25) is 0 Å². The number of methoxy groups -OCH3 is 1. The van der Waals surface area contributed by atoms with Gasteiger partial charge in [0.1, 0.15) is 0 Å². The maximum atomic E-state index is 12.2. The second-order valence-electron chi connectivity index (χ2n) is 5.66. The fourth-order valence-corrected chi connectivity index (χ4v) is 2.76. The first-order valence-corrected chi connectivity index (χ1v) is 7.39. The van der Waals surface area contributed by atoms with Crippen molar-refractivity contribution in [3.05, 3.63) is 11.7 Å². The average molecular weight is 279 g/mol. The lowest BCUT2D eigenvalue weighted by molar-refractivity contribution is -0.132. The van der Waals surface area contributed by atoms with E-state index in [4.69, 9.17) is 9.26 Å². The summed E-state index contributed by atoms with van der Waals surface area (Å²) in [5.74, 6) is 2.05. The number of aryl methyl sites for hydroxylation is 1. The predicted octanol–water partition coefficient (Wildman–Crippen LogP) is 1.52. The molecule has 6 heteroatoms. The van der Waals surface area contributed by atoms with Gasteiger partial charge in [-0.05, 0) is 25.7 Å². The highest BCUT2D eigenvalue weighted by Gasteiger charge is 2.30. The molecule has 1 amide bonds. The summed E-state index contributed by atoms with van der Waals surface area (Å²) in [4.78, 5) is 18.5. The molecular weight excluding hydrogens is 258 g/mol. The van der Waals surface area contributed by atoms with Gasteiger partial charge >= 0.3 is 0 Å². The van der Waals surface area contributed by atoms with E-state index in [1.807, 2.05) is 4.90 Å². The number of carbonyl (C=O) groups is 1. The number of likely N-dealkylation sites (tertiary alicyclic amines) is 1. The van der Waals surface area contributed by atoms with Crippen molar-refractivity contribution in [1.82, 2.24) is 15.0 Å². The lowest BCUT2D eigenvalue weighted by Crippen LogP contribution is -2.38. The Bertz CT molecular complexity index is 470. The molecule has 0 unspecified atom stereocenters. The molecule has 2 fully saturated rings. The molecule has 2 heterocycles. The molecule has 1 aromatic rings. The molecular formula is C14H21N3O3. The van der Waals surface area contributed by atoms with Crippen molar-refractivity contribution >= 4 is 5.91 Å². The first-order valence-electron chi connectivity index (χ1n) is 7.39. The maximum absolute atomic E-state index is 12.2. The summed E-state index contributed by atoms with van der Waals surface area (Å²) in [5.41, 5.74) is 0. The fraction of sp³-hybridized carbons (Fsp3) is 0.786. The van der Waals surface area contributed by atoms with Crippen LogP contribution in [0.5, 0.6) is 0 Å². The fourth-order valence-electron chi connectivity index (χ4n) is 2.76. The van der Waals surface area contributed by atoms with E-state index in [2.05, 4.69) is 10.1 Å². The van der Waals surface area contributed by atoms with Crippen LogP contribution in [0.1, 0.15) is 49.7 Å². The molecule has 0 N–H and O–H groups in total. The zero-order valence-electron chi connectivity index (χ0n) is 11.9. The molecule has 1 atom stereocenters. The van der Waals surface area contributed by atoms with E-state index in [9.17, 15) is 4.79 Å². The van der Waals surface area contributed by atoms with Crippen molar-refractivity contribution in [3.63, 3.8) is 0 Å². The minimum absolute atomic E-state index is 0.163. The van der Waals surface area contributed by atoms with E-state index < -0.39 is 0 Å². The molecule has 20 heavy (non-hydrogen) atoms. The summed E-state index contributed by atoms with van der Waals surface area (Å²) < 4.78 is 10.4. The number of rotatable bonds is 6. The van der Waals surface area contributed by atoms with E-state index in [1.54, 1.807) is 7.11 Å². The number of hydrogen-bond donors (Lipinski definition) is 0. The van der Waals surface area contributed by atoms with Crippen LogP contribution in [0.15, 0.2) is 4.52 Å². The highest BCUT2D eigenvalue weighted by Crippen LogP contribution is 2.38. The number of nitrogens with zero attached hydrogens (tertiary/aromatic N) is 3. The van der Waals surface area contributed by atoms with Crippen molar-refractivity contribution in [2.24, 2.45) is 0 Å². The molecule has 1 saturated heterocycles. The van der Waals surface area contributed by atoms with Crippen LogP contribution in [0.4, 0.5) is 0 Å². The number of hydrogen-bond acceptors (Lipinski definition) is 5. The summed E-state index contributed by atoms with van der Waals surface area (Å²) in [6.45, 7) is 1.46. The first-order chi connectivity index (χ1) is 9.78. The SMILES string of the molecule is COC[C@@H]1CCCN1C(=O)CCc1nc(C2CC2)no1. The molecule has 0 aromatic carbocycles. The molecule has 2 aliphatic rings. The summed E-state index contributed by atoms with van der Waals surface area (Å²) in [5, 5.41) is 3.97. The molecule has 3 rings (SSSR count). The van der Waals surface area contributed by atoms with Crippen molar-refractivity contribution < 1.29 is 14.1 Å². The molecule has 0 bridgehead atoms. The van der Waals surface area contributed by atoms with Gasteiger partial charge in [-0.15, -0.1) is 0 Å². The monoisotopic (exact) mass is 279 g/mol. The minimum atomic E-state index is 0.163. The number of amides is 1. The van der Waals surface area contributed by atoms with Gasteiger partial charge in [0.2, 0.25) is 11.8 Å². The highest BCUT2D eigenvalue weighted by molar-refractivity contribution is 5.77. The second-order valence-corrected chi connectivity index (χ2v) is 5.66. The average Bonchev–Trinajstić information content (AvgIpc) is 3.01. The van der Waals surface area contributed by atoms with E-state index in [0.29, 0.717) is 31.3 Å². The van der Waals surface area contributed by atoms with Crippen LogP contribution in [0.25, 0.3) is 0 Å². The van der Waals surface area contributed by atoms with Gasteiger partial charge in [0.15, 0.2) is 5.82 Å². The molecule has 1 aromatic heterocycles. The third kappa shape index (κ3) is 3.00. The van der Waals surface area contributed by atoms with Gasteiger partial charge in [0.05, 0.1) is 12.6 Å². The van der Waals surface area contributed by atoms with Crippen LogP contribution in [0.3, 0.4) is 0 Å². The van der Waals surface area contributed by atoms with Crippen LogP contribution < -0.4 is 0 Å². The Kier molecular flexibility index (Phi) is 4.00. The number of carbonyl (C=O) groups excluding carboxylic acids is 1. The van der Waals surface area contributed by atoms with Crippen molar-refractivity contribution in [2.75, 3.05) is 20.3 Å². The Hall–Kier alpha value is -1.43. The topological polar surface area (TPSA) is 68.5 Å². The Balaban J connectivity index is 1.50. The van der Waals surface area contributed by atoms with Crippen LogP contribution >= 0.6 is 0 Å². The number of ether oxygens (including phenoxy) is 1. The van der Waals surface area contributed by atoms with Gasteiger partial charge in [-0.1, -0.05) is 5.16 Å². The summed E-state index contributed by atoms with van der Waals surface area (Å²) in [6, 6.07) is 0.234. The molecule has 1 aliphatic heterocycles. The molecule has 1 saturated carbocycles. The van der Waals surface area contributed by atoms with Crippen molar-refractivity contribution in [2.45, 2.75) is 50.5 Å². The third-order valence-corrected chi connectivity index (χ3v) is 4.04. The standard InChI is InChI=1S/C14H21N3O3/c1-19-9-11-3-2-8-17(11)13(18)7-6-12-15-14(16-20-12)10-4-5-10/h10-11H,2-9H2,1H3/t11-/m0/s1. The molecule has 6 nitrogen and oxygen atoms in total. The van der Waals surface area contributed by atoms with E-state index in [-0.39, 0.29) is 11.9 Å². The molecule has 0 radical (unpaired) electrons. The smallest absolute Gasteiger partial charge is 0.227 e. The van der Waals surface area contributed by atoms with Crippen LogP contribution in [0, 0.1) is 0 Å². The minimum Gasteiger partial charge on any atom is -0.383 e. The summed E-state index contributed by atoms with van der Waals surface area (Å²) in [7, 11) is 1.68. The Labute approximate surface area is 118 Å². The zero-order valence-corrected chi connectivity index (χ0v) is 11.9.